The first kappa shape index (κ1) is 17.8. The Morgan fingerprint density at radius 1 is 1.14 bits per heavy atom. The second kappa shape index (κ2) is 7.56. The molecule has 1 aliphatic rings. The summed E-state index contributed by atoms with van der Waals surface area (Å²) in [4.78, 5) is 26.7. The molecule has 3 aromatic rings. The van der Waals surface area contributed by atoms with Crippen LogP contribution in [0.15, 0.2) is 67.0 Å². The summed E-state index contributed by atoms with van der Waals surface area (Å²) in [6, 6.07) is 17.0. The average Bonchev–Trinajstić information content (AvgIpc) is 3.21. The van der Waals surface area contributed by atoms with E-state index in [-0.39, 0.29) is 24.8 Å². The van der Waals surface area contributed by atoms with Crippen LogP contribution in [0, 0.1) is 0 Å². The summed E-state index contributed by atoms with van der Waals surface area (Å²) in [5.41, 5.74) is 2.40. The molecule has 1 aliphatic heterocycles. The van der Waals surface area contributed by atoms with Gasteiger partial charge in [-0.05, 0) is 29.8 Å². The van der Waals surface area contributed by atoms with Crippen molar-refractivity contribution in [1.29, 1.82) is 0 Å². The van der Waals surface area contributed by atoms with E-state index >= 15 is 0 Å². The Kier molecular flexibility index (Phi) is 4.80. The van der Waals surface area contributed by atoms with Crippen LogP contribution in [-0.2, 0) is 16.0 Å². The van der Waals surface area contributed by atoms with Crippen molar-refractivity contribution < 1.29 is 14.3 Å². The Balaban J connectivity index is 1.56. The molecule has 2 aromatic carbocycles. The molecule has 0 saturated carbocycles. The van der Waals surface area contributed by atoms with E-state index in [0.717, 1.165) is 11.3 Å². The maximum absolute atomic E-state index is 13.0. The third-order valence-electron chi connectivity index (χ3n) is 4.63. The third kappa shape index (κ3) is 3.46. The number of nitrogens with one attached hydrogen (secondary N) is 1. The number of hydrogen-bond acceptors (Lipinski definition) is 4. The predicted molar refractivity (Wildman–Crippen MR) is 105 cm³/mol. The number of carbonyl (C=O) groups excluding carboxylic acids is 2. The molecular weight excluding hydrogens is 356 g/mol. The van der Waals surface area contributed by atoms with Gasteiger partial charge in [0.1, 0.15) is 5.75 Å². The summed E-state index contributed by atoms with van der Waals surface area (Å²) < 4.78 is 7.49. The number of amides is 2. The first-order valence-corrected chi connectivity index (χ1v) is 9.02. The maximum atomic E-state index is 13.0. The number of anilines is 1. The topological polar surface area (TPSA) is 76.5 Å². The fourth-order valence-electron chi connectivity index (χ4n) is 3.21. The molecule has 0 radical (unpaired) electrons. The van der Waals surface area contributed by atoms with E-state index in [9.17, 15) is 9.59 Å². The van der Waals surface area contributed by atoms with Crippen molar-refractivity contribution in [2.75, 3.05) is 18.5 Å². The van der Waals surface area contributed by atoms with Gasteiger partial charge in [-0.1, -0.05) is 30.3 Å². The number of nitrogens with zero attached hydrogens (tertiary/aromatic N) is 3. The van der Waals surface area contributed by atoms with E-state index in [1.54, 1.807) is 28.9 Å². The Hall–Kier alpha value is -3.61. The number of fused-ring (bicyclic) bond motifs is 1. The molecule has 0 unspecified atom stereocenters. The lowest BCUT2D eigenvalue weighted by Gasteiger charge is -2.34. The third-order valence-corrected chi connectivity index (χ3v) is 4.63. The van der Waals surface area contributed by atoms with Crippen molar-refractivity contribution in [3.05, 3.63) is 72.6 Å². The highest BCUT2D eigenvalue weighted by atomic mass is 16.5. The van der Waals surface area contributed by atoms with Gasteiger partial charge in [0, 0.05) is 13.2 Å². The van der Waals surface area contributed by atoms with E-state index < -0.39 is 6.10 Å². The second-order valence-electron chi connectivity index (χ2n) is 6.50. The van der Waals surface area contributed by atoms with Gasteiger partial charge in [-0.15, -0.1) is 0 Å². The standard InChI is InChI=1S/C21H20N4O3/c1-22-21(27)19-14-24(17-9-5-6-10-18(17)28-19)20(26)11-15-12-23-25(13-15)16-7-3-2-4-8-16/h2-10,12-13,19H,11,14H2,1H3,(H,22,27)/t19-/m0/s1. The van der Waals surface area contributed by atoms with Crippen LogP contribution in [0.1, 0.15) is 5.56 Å². The molecule has 1 N–H and O–H groups in total. The molecule has 0 saturated heterocycles. The molecule has 4 rings (SSSR count). The van der Waals surface area contributed by atoms with Gasteiger partial charge in [0.15, 0.2) is 6.10 Å². The van der Waals surface area contributed by atoms with Gasteiger partial charge in [0.05, 0.1) is 30.5 Å². The molecule has 0 spiro atoms. The maximum Gasteiger partial charge on any atom is 0.262 e. The molecule has 1 aromatic heterocycles. The molecule has 0 bridgehead atoms. The molecular formula is C21H20N4O3. The number of benzene rings is 2. The summed E-state index contributed by atoms with van der Waals surface area (Å²) in [5.74, 6) is 0.150. The van der Waals surface area contributed by atoms with Crippen molar-refractivity contribution in [2.24, 2.45) is 0 Å². The van der Waals surface area contributed by atoms with E-state index in [4.69, 9.17) is 4.74 Å². The zero-order chi connectivity index (χ0) is 19.5. The van der Waals surface area contributed by atoms with Gasteiger partial charge in [-0.2, -0.15) is 5.10 Å². The van der Waals surface area contributed by atoms with Crippen molar-refractivity contribution in [3.8, 4) is 11.4 Å². The van der Waals surface area contributed by atoms with Crippen LogP contribution in [-0.4, -0.2) is 41.3 Å². The van der Waals surface area contributed by atoms with E-state index in [0.29, 0.717) is 11.4 Å². The number of rotatable bonds is 4. The molecule has 1 atom stereocenters. The minimum absolute atomic E-state index is 0.114. The zero-order valence-corrected chi connectivity index (χ0v) is 15.4. The number of para-hydroxylation sites is 3. The molecule has 142 valence electrons. The number of carbonyl (C=O) groups is 2. The van der Waals surface area contributed by atoms with Crippen LogP contribution in [0.3, 0.4) is 0 Å². The van der Waals surface area contributed by atoms with Crippen molar-refractivity contribution in [3.63, 3.8) is 0 Å². The lowest BCUT2D eigenvalue weighted by molar-refractivity contribution is -0.127. The highest BCUT2D eigenvalue weighted by Crippen LogP contribution is 2.33. The van der Waals surface area contributed by atoms with E-state index in [2.05, 4.69) is 10.4 Å². The van der Waals surface area contributed by atoms with Gasteiger partial charge < -0.3 is 15.0 Å². The molecule has 7 nitrogen and oxygen atoms in total. The zero-order valence-electron chi connectivity index (χ0n) is 15.4. The second-order valence-corrected chi connectivity index (χ2v) is 6.50. The summed E-state index contributed by atoms with van der Waals surface area (Å²) in [6.07, 6.45) is 2.97. The number of aromatic nitrogens is 2. The van der Waals surface area contributed by atoms with Crippen LogP contribution in [0.2, 0.25) is 0 Å². The van der Waals surface area contributed by atoms with Crippen LogP contribution in [0.5, 0.6) is 5.75 Å². The van der Waals surface area contributed by atoms with Crippen LogP contribution >= 0.6 is 0 Å². The minimum Gasteiger partial charge on any atom is -0.477 e. The highest BCUT2D eigenvalue weighted by Gasteiger charge is 2.33. The first-order valence-electron chi connectivity index (χ1n) is 9.02. The summed E-state index contributed by atoms with van der Waals surface area (Å²) in [6.45, 7) is 0.169. The Bertz CT molecular complexity index is 1000. The smallest absolute Gasteiger partial charge is 0.262 e. The fourth-order valence-corrected chi connectivity index (χ4v) is 3.21. The van der Waals surface area contributed by atoms with Gasteiger partial charge >= 0.3 is 0 Å². The lowest BCUT2D eigenvalue weighted by atomic mass is 10.1. The van der Waals surface area contributed by atoms with Gasteiger partial charge in [0.2, 0.25) is 5.91 Å². The van der Waals surface area contributed by atoms with Crippen molar-refractivity contribution in [2.45, 2.75) is 12.5 Å². The van der Waals surface area contributed by atoms with Crippen molar-refractivity contribution in [1.82, 2.24) is 15.1 Å². The fraction of sp³-hybridized carbons (Fsp3) is 0.190. The van der Waals surface area contributed by atoms with Gasteiger partial charge in [-0.25, -0.2) is 4.68 Å². The molecule has 2 amide bonds. The molecule has 0 fully saturated rings. The number of likely N-dealkylation sites (N-methyl/N-ethyl adjacent to an activating group) is 1. The van der Waals surface area contributed by atoms with Gasteiger partial charge in [0.25, 0.3) is 5.91 Å². The number of ether oxygens (including phenoxy) is 1. The predicted octanol–water partition coefficient (Wildman–Crippen LogP) is 1.96. The quantitative estimate of drug-likeness (QED) is 0.755. The van der Waals surface area contributed by atoms with Gasteiger partial charge in [-0.3, -0.25) is 9.59 Å². The Labute approximate surface area is 162 Å². The molecule has 7 heteroatoms. The molecule has 0 aliphatic carbocycles. The van der Waals surface area contributed by atoms with E-state index in [1.807, 2.05) is 54.7 Å². The van der Waals surface area contributed by atoms with Crippen LogP contribution in [0.25, 0.3) is 5.69 Å². The first-order chi connectivity index (χ1) is 13.7. The van der Waals surface area contributed by atoms with Crippen LogP contribution in [0.4, 0.5) is 5.69 Å². The van der Waals surface area contributed by atoms with E-state index in [1.165, 1.54) is 0 Å². The summed E-state index contributed by atoms with van der Waals surface area (Å²) >= 11 is 0. The van der Waals surface area contributed by atoms with Crippen molar-refractivity contribution >= 4 is 17.5 Å². The normalized spacial score (nSPS) is 15.5. The Morgan fingerprint density at radius 3 is 2.68 bits per heavy atom. The highest BCUT2D eigenvalue weighted by molar-refractivity contribution is 5.98. The molecule has 2 heterocycles. The monoisotopic (exact) mass is 376 g/mol. The molecule has 28 heavy (non-hydrogen) atoms. The van der Waals surface area contributed by atoms with Crippen LogP contribution < -0.4 is 15.0 Å². The summed E-state index contributed by atoms with van der Waals surface area (Å²) in [5, 5.41) is 6.92. The largest absolute Gasteiger partial charge is 0.477 e. The average molecular weight is 376 g/mol. The minimum atomic E-state index is -0.740. The number of hydrogen-bond donors (Lipinski definition) is 1. The lowest BCUT2D eigenvalue weighted by Crippen LogP contribution is -2.50. The Morgan fingerprint density at radius 2 is 1.89 bits per heavy atom. The summed E-state index contributed by atoms with van der Waals surface area (Å²) in [7, 11) is 1.55. The SMILES string of the molecule is CNC(=O)[C@@H]1CN(C(=O)Cc2cnn(-c3ccccc3)c2)c2ccccc2O1.